The van der Waals surface area contributed by atoms with Gasteiger partial charge in [0.2, 0.25) is 5.91 Å². The van der Waals surface area contributed by atoms with E-state index in [1.165, 1.54) is 11.8 Å². The van der Waals surface area contributed by atoms with Crippen molar-refractivity contribution in [2.75, 3.05) is 18.8 Å². The Labute approximate surface area is 157 Å². The number of morpholine rings is 1. The molecular weight excluding hydrogens is 350 g/mol. The topological polar surface area (TPSA) is 73.1 Å². The van der Waals surface area contributed by atoms with Gasteiger partial charge in [-0.25, -0.2) is 0 Å². The Bertz CT molecular complexity index is 767. The summed E-state index contributed by atoms with van der Waals surface area (Å²) in [6, 6.07) is 4.33. The van der Waals surface area contributed by atoms with Gasteiger partial charge in [0.05, 0.1) is 18.0 Å². The van der Waals surface area contributed by atoms with Crippen LogP contribution in [0.3, 0.4) is 0 Å². The molecule has 2 aromatic heterocycles. The van der Waals surface area contributed by atoms with E-state index in [-0.39, 0.29) is 18.1 Å². The second kappa shape index (κ2) is 7.36. The minimum absolute atomic E-state index is 0.0844. The van der Waals surface area contributed by atoms with Crippen molar-refractivity contribution in [1.29, 1.82) is 0 Å². The van der Waals surface area contributed by atoms with Crippen molar-refractivity contribution in [1.82, 2.24) is 24.6 Å². The zero-order valence-corrected chi connectivity index (χ0v) is 15.9. The molecular formula is C18H23N5O2S. The molecule has 4 rings (SSSR count). The van der Waals surface area contributed by atoms with Crippen LogP contribution < -0.4 is 0 Å². The summed E-state index contributed by atoms with van der Waals surface area (Å²) in [5.41, 5.74) is 1.01. The lowest BCUT2D eigenvalue weighted by Gasteiger charge is -2.35. The van der Waals surface area contributed by atoms with Crippen LogP contribution in [0.1, 0.15) is 32.7 Å². The van der Waals surface area contributed by atoms with E-state index in [1.54, 1.807) is 12.4 Å². The van der Waals surface area contributed by atoms with Gasteiger partial charge in [-0.15, -0.1) is 10.2 Å². The van der Waals surface area contributed by atoms with Crippen molar-refractivity contribution in [2.24, 2.45) is 0 Å². The predicted octanol–water partition coefficient (Wildman–Crippen LogP) is 2.40. The molecule has 2 atom stereocenters. The summed E-state index contributed by atoms with van der Waals surface area (Å²) >= 11 is 1.48. The Morgan fingerprint density at radius 3 is 2.54 bits per heavy atom. The minimum Gasteiger partial charge on any atom is -0.372 e. The second-order valence-corrected chi connectivity index (χ2v) is 7.93. The van der Waals surface area contributed by atoms with Crippen LogP contribution in [0.2, 0.25) is 0 Å². The highest BCUT2D eigenvalue weighted by atomic mass is 32.2. The third kappa shape index (κ3) is 3.76. The van der Waals surface area contributed by atoms with Crippen LogP contribution in [0.25, 0.3) is 11.4 Å². The van der Waals surface area contributed by atoms with E-state index in [0.717, 1.165) is 29.4 Å². The third-order valence-corrected chi connectivity index (χ3v) is 5.54. The van der Waals surface area contributed by atoms with E-state index in [2.05, 4.69) is 19.7 Å². The molecule has 2 fully saturated rings. The lowest BCUT2D eigenvalue weighted by atomic mass is 10.2. The summed E-state index contributed by atoms with van der Waals surface area (Å²) < 4.78 is 7.89. The van der Waals surface area contributed by atoms with Gasteiger partial charge in [-0.3, -0.25) is 14.3 Å². The third-order valence-electron chi connectivity index (χ3n) is 4.61. The van der Waals surface area contributed by atoms with Gasteiger partial charge < -0.3 is 9.64 Å². The molecule has 1 aliphatic carbocycles. The normalized spacial score (nSPS) is 23.2. The number of nitrogens with zero attached hydrogens (tertiary/aromatic N) is 5. The largest absolute Gasteiger partial charge is 0.372 e. The van der Waals surface area contributed by atoms with E-state index in [4.69, 9.17) is 4.74 Å². The van der Waals surface area contributed by atoms with Gasteiger partial charge in [-0.2, -0.15) is 0 Å². The van der Waals surface area contributed by atoms with Crippen LogP contribution >= 0.6 is 11.8 Å². The van der Waals surface area contributed by atoms with E-state index < -0.39 is 0 Å². The van der Waals surface area contributed by atoms with Crippen molar-refractivity contribution in [3.63, 3.8) is 0 Å². The first-order chi connectivity index (χ1) is 12.6. The van der Waals surface area contributed by atoms with Crippen LogP contribution in [0.15, 0.2) is 29.7 Å². The Kier molecular flexibility index (Phi) is 4.95. The molecule has 1 saturated heterocycles. The fourth-order valence-corrected chi connectivity index (χ4v) is 4.24. The van der Waals surface area contributed by atoms with Crippen molar-refractivity contribution < 1.29 is 9.53 Å². The van der Waals surface area contributed by atoms with Crippen molar-refractivity contribution in [3.05, 3.63) is 24.5 Å². The summed E-state index contributed by atoms with van der Waals surface area (Å²) in [7, 11) is 0. The van der Waals surface area contributed by atoms with E-state index in [0.29, 0.717) is 24.9 Å². The predicted molar refractivity (Wildman–Crippen MR) is 98.8 cm³/mol. The molecule has 2 aliphatic rings. The highest BCUT2D eigenvalue weighted by Gasteiger charge is 2.31. The number of rotatable bonds is 5. The summed E-state index contributed by atoms with van der Waals surface area (Å²) in [4.78, 5) is 18.6. The Morgan fingerprint density at radius 2 is 1.88 bits per heavy atom. The Balaban J connectivity index is 1.47. The monoisotopic (exact) mass is 373 g/mol. The molecule has 7 nitrogen and oxygen atoms in total. The Morgan fingerprint density at radius 1 is 1.19 bits per heavy atom. The van der Waals surface area contributed by atoms with E-state index in [1.807, 2.05) is 30.9 Å². The lowest BCUT2D eigenvalue weighted by molar-refractivity contribution is -0.140. The smallest absolute Gasteiger partial charge is 0.233 e. The van der Waals surface area contributed by atoms with E-state index in [9.17, 15) is 4.79 Å². The maximum Gasteiger partial charge on any atom is 0.233 e. The highest BCUT2D eigenvalue weighted by molar-refractivity contribution is 7.99. The molecule has 138 valence electrons. The average molecular weight is 373 g/mol. The van der Waals surface area contributed by atoms with Gasteiger partial charge in [-0.05, 0) is 38.8 Å². The zero-order valence-electron chi connectivity index (χ0n) is 15.0. The van der Waals surface area contributed by atoms with E-state index >= 15 is 0 Å². The van der Waals surface area contributed by atoms with Gasteiger partial charge in [0.25, 0.3) is 0 Å². The summed E-state index contributed by atoms with van der Waals surface area (Å²) in [6.07, 6.45) is 5.96. The first kappa shape index (κ1) is 17.5. The number of amides is 1. The Hall–Kier alpha value is -1.93. The number of carbonyl (C=O) groups is 1. The molecule has 1 aliphatic heterocycles. The number of aromatic nitrogens is 4. The summed E-state index contributed by atoms with van der Waals surface area (Å²) in [5, 5.41) is 9.56. The molecule has 0 radical (unpaired) electrons. The van der Waals surface area contributed by atoms with Crippen molar-refractivity contribution in [2.45, 2.75) is 50.1 Å². The molecule has 1 saturated carbocycles. The number of ether oxygens (including phenoxy) is 1. The maximum absolute atomic E-state index is 12.6. The first-order valence-corrected chi connectivity index (χ1v) is 10.0. The summed E-state index contributed by atoms with van der Waals surface area (Å²) in [5.74, 6) is 1.37. The van der Waals surface area contributed by atoms with Crippen LogP contribution in [0, 0.1) is 0 Å². The highest BCUT2D eigenvalue weighted by Crippen LogP contribution is 2.41. The number of thioether (sulfide) groups is 1. The molecule has 1 amide bonds. The molecule has 26 heavy (non-hydrogen) atoms. The van der Waals surface area contributed by atoms with Gasteiger partial charge in [0.15, 0.2) is 11.0 Å². The molecule has 0 bridgehead atoms. The first-order valence-electron chi connectivity index (χ1n) is 9.03. The standard InChI is InChI=1S/C18H23N5O2S/c1-12-9-22(10-13(2)25-12)16(24)11-26-18-21-20-17(23(18)15-3-4-15)14-5-7-19-8-6-14/h5-8,12-13,15H,3-4,9-11H2,1-2H3/t12-,13-/m0/s1. The lowest BCUT2D eigenvalue weighted by Crippen LogP contribution is -2.48. The van der Waals surface area contributed by atoms with Crippen molar-refractivity contribution >= 4 is 17.7 Å². The summed E-state index contributed by atoms with van der Waals surface area (Å²) in [6.45, 7) is 5.32. The van der Waals surface area contributed by atoms with Gasteiger partial charge in [0.1, 0.15) is 0 Å². The average Bonchev–Trinajstić information content (AvgIpc) is 3.38. The number of hydrogen-bond donors (Lipinski definition) is 0. The van der Waals surface area contributed by atoms with Crippen LogP contribution in [-0.4, -0.2) is 61.6 Å². The fourth-order valence-electron chi connectivity index (χ4n) is 3.33. The molecule has 3 heterocycles. The molecule has 0 N–H and O–H groups in total. The minimum atomic E-state index is 0.0844. The number of carbonyl (C=O) groups excluding carboxylic acids is 1. The van der Waals surface area contributed by atoms with Crippen LogP contribution in [0.4, 0.5) is 0 Å². The molecule has 8 heteroatoms. The second-order valence-electron chi connectivity index (χ2n) is 6.99. The van der Waals surface area contributed by atoms with Crippen LogP contribution in [-0.2, 0) is 9.53 Å². The molecule has 0 unspecified atom stereocenters. The zero-order chi connectivity index (χ0) is 18.1. The molecule has 0 aromatic carbocycles. The number of hydrogen-bond acceptors (Lipinski definition) is 6. The fraction of sp³-hybridized carbons (Fsp3) is 0.556. The van der Waals surface area contributed by atoms with Crippen LogP contribution in [0.5, 0.6) is 0 Å². The molecule has 2 aromatic rings. The quantitative estimate of drug-likeness (QED) is 0.750. The molecule has 0 spiro atoms. The van der Waals surface area contributed by atoms with Gasteiger partial charge in [-0.1, -0.05) is 11.8 Å². The number of pyridine rings is 1. The van der Waals surface area contributed by atoms with Gasteiger partial charge >= 0.3 is 0 Å². The van der Waals surface area contributed by atoms with Crippen molar-refractivity contribution in [3.8, 4) is 11.4 Å². The maximum atomic E-state index is 12.6. The van der Waals surface area contributed by atoms with Gasteiger partial charge in [0, 0.05) is 37.1 Å². The SMILES string of the molecule is C[C@H]1CN(C(=O)CSc2nnc(-c3ccncc3)n2C2CC2)C[C@H](C)O1.